The molecule has 0 amide bonds. The molecule has 0 aliphatic carbocycles. The summed E-state index contributed by atoms with van der Waals surface area (Å²) in [5.74, 6) is -0.492. The molecule has 5 rings (SSSR count). The van der Waals surface area contributed by atoms with Crippen LogP contribution in [0.4, 0.5) is 18.9 Å². The van der Waals surface area contributed by atoms with Crippen LogP contribution in [0.2, 0.25) is 0 Å². The summed E-state index contributed by atoms with van der Waals surface area (Å²) in [5, 5.41) is 11.2. The lowest BCUT2D eigenvalue weighted by Crippen LogP contribution is -2.27. The molecular weight excluding hydrogens is 627 g/mol. The third kappa shape index (κ3) is 7.38. The minimum Gasteiger partial charge on any atom is -0.455 e. The maximum atomic E-state index is 12.9. The van der Waals surface area contributed by atoms with Gasteiger partial charge in [-0.3, -0.25) is 14.9 Å². The predicted molar refractivity (Wildman–Crippen MR) is 190 cm³/mol. The number of hydrogen-bond donors (Lipinski definition) is 0. The average molecular weight is 668 g/mol. The van der Waals surface area contributed by atoms with Crippen LogP contribution in [-0.2, 0) is 16.2 Å². The molecule has 1 aliphatic rings. The highest BCUT2D eigenvalue weighted by molar-refractivity contribution is 6.00. The van der Waals surface area contributed by atoms with Crippen LogP contribution in [0.5, 0.6) is 11.5 Å². The van der Waals surface area contributed by atoms with Gasteiger partial charge in [-0.1, -0.05) is 116 Å². The van der Waals surface area contributed by atoms with Crippen molar-refractivity contribution in [3.8, 4) is 11.5 Å². The summed E-state index contributed by atoms with van der Waals surface area (Å²) < 4.78 is 45.7. The SMILES string of the molecule is CC(C)(C)c1cc(/C=C/c2ccc(C(=O)C(F)(F)F)cc2)c2c(c1)C(C)(C)c1cc(C(C)(C)C)cc(/C=C/c3ccc([N+](=O)[O-])cc3)c1O2. The molecule has 0 fully saturated rings. The number of nitro benzene ring substituents is 1. The zero-order valence-corrected chi connectivity index (χ0v) is 29.0. The summed E-state index contributed by atoms with van der Waals surface area (Å²) in [7, 11) is 0. The predicted octanol–water partition coefficient (Wildman–Crippen LogP) is 11.7. The van der Waals surface area contributed by atoms with Gasteiger partial charge in [0, 0.05) is 45.4 Å². The van der Waals surface area contributed by atoms with Crippen molar-refractivity contribution in [2.24, 2.45) is 0 Å². The average Bonchev–Trinajstić information content (AvgIpc) is 3.01. The molecule has 0 N–H and O–H groups in total. The van der Waals surface area contributed by atoms with Crippen molar-refractivity contribution in [3.05, 3.63) is 133 Å². The molecule has 5 nitrogen and oxygen atoms in total. The Bertz CT molecular complexity index is 1990. The summed E-state index contributed by atoms with van der Waals surface area (Å²) in [5.41, 5.74) is 6.14. The number of rotatable bonds is 6. The fraction of sp³-hybridized carbons (Fsp3) is 0.293. The van der Waals surface area contributed by atoms with Gasteiger partial charge in [0.15, 0.2) is 0 Å². The number of non-ortho nitro benzene ring substituents is 1. The highest BCUT2D eigenvalue weighted by atomic mass is 19.4. The van der Waals surface area contributed by atoms with Crippen LogP contribution >= 0.6 is 0 Å². The molecule has 0 spiro atoms. The Balaban J connectivity index is 1.64. The molecule has 0 aromatic heterocycles. The van der Waals surface area contributed by atoms with Gasteiger partial charge in [-0.05, 0) is 57.3 Å². The van der Waals surface area contributed by atoms with Gasteiger partial charge in [0.25, 0.3) is 11.5 Å². The van der Waals surface area contributed by atoms with E-state index in [2.05, 4.69) is 79.7 Å². The first-order chi connectivity index (χ1) is 22.7. The Kier molecular flexibility index (Phi) is 9.00. The highest BCUT2D eigenvalue weighted by Crippen LogP contribution is 2.53. The number of fused-ring (bicyclic) bond motifs is 2. The van der Waals surface area contributed by atoms with Gasteiger partial charge >= 0.3 is 6.18 Å². The highest BCUT2D eigenvalue weighted by Gasteiger charge is 2.40. The molecule has 1 heterocycles. The summed E-state index contributed by atoms with van der Waals surface area (Å²) in [6.07, 6.45) is 2.64. The van der Waals surface area contributed by atoms with E-state index in [0.717, 1.165) is 38.9 Å². The minimum atomic E-state index is -4.94. The monoisotopic (exact) mass is 667 g/mol. The molecule has 49 heavy (non-hydrogen) atoms. The normalized spacial score (nSPS) is 14.4. The standard InChI is InChI=1S/C41H40F3NO4/c1-38(2,3)30-21-28(17-11-25-9-15-27(16-10-25)37(46)41(42,43)44)35-33(23-30)40(7,8)34-24-31(39(4,5)6)22-29(36(34)49-35)18-12-26-13-19-32(20-14-26)45(47)48/h9-24H,1-8H3/b17-11+,18-12+. The van der Waals surface area contributed by atoms with Crippen molar-refractivity contribution in [2.75, 3.05) is 0 Å². The van der Waals surface area contributed by atoms with E-state index in [4.69, 9.17) is 4.74 Å². The summed E-state index contributed by atoms with van der Waals surface area (Å²) in [6, 6.07) is 20.3. The van der Waals surface area contributed by atoms with Crippen LogP contribution in [0.15, 0.2) is 72.8 Å². The number of alkyl halides is 3. The molecule has 0 unspecified atom stereocenters. The van der Waals surface area contributed by atoms with Crippen molar-refractivity contribution in [1.29, 1.82) is 0 Å². The van der Waals surface area contributed by atoms with Crippen LogP contribution in [0.3, 0.4) is 0 Å². The van der Waals surface area contributed by atoms with Crippen molar-refractivity contribution < 1.29 is 27.6 Å². The van der Waals surface area contributed by atoms with E-state index in [0.29, 0.717) is 17.1 Å². The molecule has 8 heteroatoms. The minimum absolute atomic E-state index is 0.0203. The van der Waals surface area contributed by atoms with Gasteiger partial charge in [0.2, 0.25) is 0 Å². The second-order valence-electron chi connectivity index (χ2n) is 15.1. The number of nitro groups is 1. The number of benzene rings is 4. The van der Waals surface area contributed by atoms with E-state index in [9.17, 15) is 28.1 Å². The zero-order valence-electron chi connectivity index (χ0n) is 29.0. The van der Waals surface area contributed by atoms with Crippen LogP contribution in [0, 0.1) is 10.1 Å². The molecule has 1 aliphatic heterocycles. The van der Waals surface area contributed by atoms with E-state index in [-0.39, 0.29) is 16.5 Å². The maximum absolute atomic E-state index is 12.9. The second kappa shape index (κ2) is 12.5. The van der Waals surface area contributed by atoms with Crippen LogP contribution in [0.1, 0.15) is 110 Å². The second-order valence-corrected chi connectivity index (χ2v) is 15.1. The van der Waals surface area contributed by atoms with E-state index < -0.39 is 27.9 Å². The van der Waals surface area contributed by atoms with Crippen molar-refractivity contribution in [2.45, 2.75) is 77.8 Å². The first-order valence-electron chi connectivity index (χ1n) is 16.0. The van der Waals surface area contributed by atoms with E-state index in [1.54, 1.807) is 18.2 Å². The molecular formula is C41H40F3NO4. The van der Waals surface area contributed by atoms with Crippen LogP contribution in [0.25, 0.3) is 24.3 Å². The molecule has 4 aromatic rings. The van der Waals surface area contributed by atoms with Crippen molar-refractivity contribution in [1.82, 2.24) is 0 Å². The Morgan fingerprint density at radius 3 is 1.47 bits per heavy atom. The van der Waals surface area contributed by atoms with E-state index in [1.807, 2.05) is 18.2 Å². The lowest BCUT2D eigenvalue weighted by atomic mass is 9.70. The third-order valence-electron chi connectivity index (χ3n) is 8.96. The number of ketones is 1. The number of nitrogens with zero attached hydrogens (tertiary/aromatic N) is 1. The Morgan fingerprint density at radius 2 is 1.10 bits per heavy atom. The van der Waals surface area contributed by atoms with Gasteiger partial charge in [0.05, 0.1) is 4.92 Å². The van der Waals surface area contributed by atoms with Gasteiger partial charge in [-0.15, -0.1) is 0 Å². The Morgan fingerprint density at radius 1 is 0.694 bits per heavy atom. The molecule has 0 radical (unpaired) electrons. The van der Waals surface area contributed by atoms with E-state index >= 15 is 0 Å². The number of carbonyl (C=O) groups excluding carboxylic acids is 1. The molecule has 4 aromatic carbocycles. The fourth-order valence-electron chi connectivity index (χ4n) is 5.81. The number of ether oxygens (including phenoxy) is 1. The molecule has 0 saturated carbocycles. The van der Waals surface area contributed by atoms with Crippen LogP contribution < -0.4 is 4.74 Å². The lowest BCUT2D eigenvalue weighted by Gasteiger charge is -2.38. The number of hydrogen-bond acceptors (Lipinski definition) is 4. The molecule has 0 saturated heterocycles. The van der Waals surface area contributed by atoms with Crippen LogP contribution in [-0.4, -0.2) is 16.9 Å². The Labute approximate surface area is 285 Å². The van der Waals surface area contributed by atoms with Crippen molar-refractivity contribution in [3.63, 3.8) is 0 Å². The summed E-state index contributed by atoms with van der Waals surface area (Å²) >= 11 is 0. The first-order valence-corrected chi connectivity index (χ1v) is 16.0. The lowest BCUT2D eigenvalue weighted by molar-refractivity contribution is -0.384. The van der Waals surface area contributed by atoms with Gasteiger partial charge in [-0.25, -0.2) is 0 Å². The summed E-state index contributed by atoms with van der Waals surface area (Å²) in [4.78, 5) is 22.4. The number of carbonyl (C=O) groups is 1. The largest absolute Gasteiger partial charge is 0.455 e. The smallest absolute Gasteiger partial charge is 0.454 e. The number of Topliss-reactive ketones (excluding diaryl/α,β-unsaturated/α-hetero) is 1. The number of halogens is 3. The fourth-order valence-corrected chi connectivity index (χ4v) is 5.81. The van der Waals surface area contributed by atoms with Gasteiger partial charge in [0.1, 0.15) is 11.5 Å². The Hall–Kier alpha value is -4.98. The first kappa shape index (κ1) is 35.3. The van der Waals surface area contributed by atoms with E-state index in [1.165, 1.54) is 36.4 Å². The van der Waals surface area contributed by atoms with Gasteiger partial charge in [-0.2, -0.15) is 13.2 Å². The molecule has 0 atom stereocenters. The van der Waals surface area contributed by atoms with Crippen molar-refractivity contribution >= 4 is 35.8 Å². The maximum Gasteiger partial charge on any atom is 0.454 e. The van der Waals surface area contributed by atoms with Gasteiger partial charge < -0.3 is 4.74 Å². The quantitative estimate of drug-likeness (QED) is 0.0888. The third-order valence-corrected chi connectivity index (χ3v) is 8.96. The summed E-state index contributed by atoms with van der Waals surface area (Å²) in [6.45, 7) is 17.3. The molecule has 254 valence electrons. The topological polar surface area (TPSA) is 69.4 Å². The molecule has 0 bridgehead atoms. The zero-order chi connectivity index (χ0) is 36.1.